The van der Waals surface area contributed by atoms with E-state index in [9.17, 15) is 0 Å². The van der Waals surface area contributed by atoms with Gasteiger partial charge in [-0.25, -0.2) is 0 Å². The van der Waals surface area contributed by atoms with Crippen molar-refractivity contribution in [3.05, 3.63) is 42.9 Å². The number of rotatable bonds is 1. The normalized spacial score (nSPS) is 10.9. The van der Waals surface area contributed by atoms with Crippen molar-refractivity contribution in [1.29, 1.82) is 0 Å². The molecule has 0 aliphatic rings. The van der Waals surface area contributed by atoms with Gasteiger partial charge in [0.15, 0.2) is 0 Å². The van der Waals surface area contributed by atoms with Gasteiger partial charge in [0, 0.05) is 17.3 Å². The van der Waals surface area contributed by atoms with Gasteiger partial charge in [-0.1, -0.05) is 11.2 Å². The highest BCUT2D eigenvalue weighted by atomic mass is 16.5. The quantitative estimate of drug-likeness (QED) is 0.631. The van der Waals surface area contributed by atoms with E-state index in [1.54, 1.807) is 12.5 Å². The molecule has 0 atom stereocenters. The van der Waals surface area contributed by atoms with Crippen LogP contribution in [0.2, 0.25) is 0 Å². The Hall–Kier alpha value is -2.03. The molecule has 2 heterocycles. The largest absolute Gasteiger partial charge is 0.364 e. The van der Waals surface area contributed by atoms with Gasteiger partial charge in [-0.3, -0.25) is 0 Å². The second-order valence-electron chi connectivity index (χ2n) is 3.19. The summed E-state index contributed by atoms with van der Waals surface area (Å²) in [5.41, 5.74) is 3.27. The minimum Gasteiger partial charge on any atom is -0.364 e. The molecule has 0 fully saturated rings. The smallest absolute Gasteiger partial charge is 0.131 e. The molecule has 14 heavy (non-hydrogen) atoms. The Morgan fingerprint density at radius 1 is 1.14 bits per heavy atom. The molecule has 2 aromatic heterocycles. The Bertz CT molecular complexity index is 551. The average Bonchev–Trinajstić information content (AvgIpc) is 2.88. The van der Waals surface area contributed by atoms with Crippen LogP contribution in [0.25, 0.3) is 22.0 Å². The third-order valence-electron chi connectivity index (χ3n) is 2.32. The van der Waals surface area contributed by atoms with Gasteiger partial charge in [0.2, 0.25) is 0 Å². The lowest BCUT2D eigenvalue weighted by molar-refractivity contribution is 0.420. The van der Waals surface area contributed by atoms with Crippen molar-refractivity contribution in [3.63, 3.8) is 0 Å². The van der Waals surface area contributed by atoms with Crippen LogP contribution in [0.5, 0.6) is 0 Å². The van der Waals surface area contributed by atoms with Gasteiger partial charge in [-0.05, 0) is 29.1 Å². The van der Waals surface area contributed by atoms with E-state index in [0.717, 1.165) is 16.6 Å². The monoisotopic (exact) mass is 184 g/mol. The fourth-order valence-corrected chi connectivity index (χ4v) is 1.58. The summed E-state index contributed by atoms with van der Waals surface area (Å²) in [6.45, 7) is 0. The molecule has 0 bridgehead atoms. The molecule has 3 nitrogen and oxygen atoms in total. The first kappa shape index (κ1) is 7.38. The number of aromatic amines is 1. The lowest BCUT2D eigenvalue weighted by atomic mass is 10.1. The van der Waals surface area contributed by atoms with Crippen molar-refractivity contribution in [1.82, 2.24) is 10.1 Å². The predicted octanol–water partition coefficient (Wildman–Crippen LogP) is 2.82. The van der Waals surface area contributed by atoms with Crippen molar-refractivity contribution >= 4 is 10.9 Å². The minimum atomic E-state index is 1.01. The molecule has 3 heteroatoms. The lowest BCUT2D eigenvalue weighted by Crippen LogP contribution is -1.73. The molecule has 3 rings (SSSR count). The van der Waals surface area contributed by atoms with Crippen LogP contribution in [-0.2, 0) is 0 Å². The SMILES string of the molecule is c1cc2cc(-c3cnoc3)ccc2[nH]1. The van der Waals surface area contributed by atoms with Gasteiger partial charge < -0.3 is 9.51 Å². The van der Waals surface area contributed by atoms with Crippen LogP contribution >= 0.6 is 0 Å². The Balaban J connectivity index is 2.23. The molecule has 0 radical (unpaired) electrons. The first-order valence-corrected chi connectivity index (χ1v) is 4.40. The highest BCUT2D eigenvalue weighted by Gasteiger charge is 2.01. The fourth-order valence-electron chi connectivity index (χ4n) is 1.58. The maximum atomic E-state index is 4.80. The summed E-state index contributed by atoms with van der Waals surface area (Å²) in [6, 6.07) is 8.26. The fraction of sp³-hybridized carbons (Fsp3) is 0. The van der Waals surface area contributed by atoms with E-state index in [0.29, 0.717) is 0 Å². The van der Waals surface area contributed by atoms with E-state index < -0.39 is 0 Å². The van der Waals surface area contributed by atoms with Gasteiger partial charge in [0.25, 0.3) is 0 Å². The Kier molecular flexibility index (Phi) is 1.44. The van der Waals surface area contributed by atoms with Crippen LogP contribution in [0.1, 0.15) is 0 Å². The molecular formula is C11H8N2O. The van der Waals surface area contributed by atoms with Gasteiger partial charge in [0.1, 0.15) is 6.26 Å². The third kappa shape index (κ3) is 1.03. The highest BCUT2D eigenvalue weighted by molar-refractivity contribution is 5.84. The van der Waals surface area contributed by atoms with Crippen molar-refractivity contribution < 1.29 is 4.52 Å². The van der Waals surface area contributed by atoms with Gasteiger partial charge in [-0.15, -0.1) is 0 Å². The molecule has 0 aliphatic carbocycles. The van der Waals surface area contributed by atoms with Gasteiger partial charge in [-0.2, -0.15) is 0 Å². The number of hydrogen-bond donors (Lipinski definition) is 1. The van der Waals surface area contributed by atoms with Gasteiger partial charge in [0.05, 0.1) is 6.20 Å². The Morgan fingerprint density at radius 3 is 3.00 bits per heavy atom. The third-order valence-corrected chi connectivity index (χ3v) is 2.32. The number of nitrogens with one attached hydrogen (secondary N) is 1. The molecule has 0 spiro atoms. The number of hydrogen-bond acceptors (Lipinski definition) is 2. The van der Waals surface area contributed by atoms with Crippen LogP contribution in [0.15, 0.2) is 47.4 Å². The van der Waals surface area contributed by atoms with Crippen molar-refractivity contribution in [2.24, 2.45) is 0 Å². The number of fused-ring (bicyclic) bond motifs is 1. The molecule has 0 aliphatic heterocycles. The van der Waals surface area contributed by atoms with Crippen LogP contribution in [0.4, 0.5) is 0 Å². The Morgan fingerprint density at radius 2 is 2.14 bits per heavy atom. The van der Waals surface area contributed by atoms with Crippen LogP contribution in [-0.4, -0.2) is 10.1 Å². The lowest BCUT2D eigenvalue weighted by Gasteiger charge is -1.95. The molecule has 0 saturated heterocycles. The maximum Gasteiger partial charge on any atom is 0.131 e. The summed E-state index contributed by atoms with van der Waals surface area (Å²) in [6.07, 6.45) is 5.30. The molecule has 1 N–H and O–H groups in total. The van der Waals surface area contributed by atoms with E-state index in [4.69, 9.17) is 4.52 Å². The first-order chi connectivity index (χ1) is 6.93. The van der Waals surface area contributed by atoms with Crippen molar-refractivity contribution in [3.8, 4) is 11.1 Å². The molecular weight excluding hydrogens is 176 g/mol. The summed E-state index contributed by atoms with van der Waals surface area (Å²) in [7, 11) is 0. The standard InChI is InChI=1S/C11H8N2O/c1-2-11-9(3-4-12-11)5-8(1)10-6-13-14-7-10/h1-7,12H. The van der Waals surface area contributed by atoms with E-state index in [2.05, 4.69) is 22.3 Å². The average molecular weight is 184 g/mol. The second-order valence-corrected chi connectivity index (χ2v) is 3.19. The van der Waals surface area contributed by atoms with Crippen LogP contribution in [0, 0.1) is 0 Å². The van der Waals surface area contributed by atoms with Crippen LogP contribution in [0.3, 0.4) is 0 Å². The summed E-state index contributed by atoms with van der Waals surface area (Å²) in [5, 5.41) is 4.88. The number of benzene rings is 1. The Labute approximate surface area is 80.3 Å². The van der Waals surface area contributed by atoms with E-state index in [-0.39, 0.29) is 0 Å². The van der Waals surface area contributed by atoms with Crippen LogP contribution < -0.4 is 0 Å². The first-order valence-electron chi connectivity index (χ1n) is 4.40. The van der Waals surface area contributed by atoms with Crippen molar-refractivity contribution in [2.75, 3.05) is 0 Å². The zero-order chi connectivity index (χ0) is 9.38. The number of aromatic nitrogens is 2. The van der Waals surface area contributed by atoms with E-state index in [1.807, 2.05) is 18.3 Å². The van der Waals surface area contributed by atoms with Gasteiger partial charge >= 0.3 is 0 Å². The summed E-state index contributed by atoms with van der Waals surface area (Å²) in [5.74, 6) is 0. The van der Waals surface area contributed by atoms with Crippen molar-refractivity contribution in [2.45, 2.75) is 0 Å². The molecule has 0 unspecified atom stereocenters. The molecule has 0 saturated carbocycles. The zero-order valence-electron chi connectivity index (χ0n) is 7.40. The van der Waals surface area contributed by atoms with E-state index >= 15 is 0 Å². The zero-order valence-corrected chi connectivity index (χ0v) is 7.40. The summed E-state index contributed by atoms with van der Waals surface area (Å²) in [4.78, 5) is 3.15. The van der Waals surface area contributed by atoms with E-state index in [1.165, 1.54) is 5.39 Å². The molecule has 0 amide bonds. The number of H-pyrrole nitrogens is 1. The summed E-state index contributed by atoms with van der Waals surface area (Å²) >= 11 is 0. The topological polar surface area (TPSA) is 41.8 Å². The highest BCUT2D eigenvalue weighted by Crippen LogP contribution is 2.23. The molecule has 3 aromatic rings. The summed E-state index contributed by atoms with van der Waals surface area (Å²) < 4.78 is 4.80. The molecule has 68 valence electrons. The number of nitrogens with zero attached hydrogens (tertiary/aromatic N) is 1. The maximum absolute atomic E-state index is 4.80. The second kappa shape index (κ2) is 2.73. The minimum absolute atomic E-state index is 1.01. The predicted molar refractivity (Wildman–Crippen MR) is 53.8 cm³/mol. The molecule has 1 aromatic carbocycles.